The number of nitrogens with two attached hydrogens (primary N) is 1. The second kappa shape index (κ2) is 6.33. The van der Waals surface area contributed by atoms with Gasteiger partial charge in [-0.25, -0.2) is 13.6 Å². The van der Waals surface area contributed by atoms with E-state index >= 15 is 0 Å². The fraction of sp³-hybridized carbons (Fsp3) is 0.562. The van der Waals surface area contributed by atoms with Gasteiger partial charge in [0.1, 0.15) is 11.3 Å². The Labute approximate surface area is 139 Å². The van der Waals surface area contributed by atoms with Crippen LogP contribution in [-0.4, -0.2) is 46.5 Å². The lowest BCUT2D eigenvalue weighted by Crippen LogP contribution is -2.49. The Balaban J connectivity index is 2.25. The van der Waals surface area contributed by atoms with Crippen LogP contribution in [-0.2, 0) is 4.74 Å². The summed E-state index contributed by atoms with van der Waals surface area (Å²) in [6.45, 7) is 4.84. The van der Waals surface area contributed by atoms with Crippen molar-refractivity contribution in [2.24, 2.45) is 5.73 Å². The number of nitrogens with zero attached hydrogens (tertiary/aromatic N) is 2. The SMILES string of the molecule is CC(C)(C)OC(=O)N1CCC(F)(F)[C@@H](c2ccnc(C(N)=O)c2)C1. The van der Waals surface area contributed by atoms with Crippen LogP contribution in [0.5, 0.6) is 0 Å². The number of hydrogen-bond donors (Lipinski definition) is 1. The van der Waals surface area contributed by atoms with E-state index in [2.05, 4.69) is 4.98 Å². The topological polar surface area (TPSA) is 85.5 Å². The molecule has 1 atom stereocenters. The van der Waals surface area contributed by atoms with Gasteiger partial charge in [0, 0.05) is 25.7 Å². The van der Waals surface area contributed by atoms with Crippen LogP contribution < -0.4 is 5.73 Å². The molecule has 24 heavy (non-hydrogen) atoms. The van der Waals surface area contributed by atoms with E-state index in [1.54, 1.807) is 20.8 Å². The first-order valence-electron chi connectivity index (χ1n) is 7.61. The quantitative estimate of drug-likeness (QED) is 0.896. The third-order valence-corrected chi connectivity index (χ3v) is 3.72. The summed E-state index contributed by atoms with van der Waals surface area (Å²) in [4.78, 5) is 28.4. The van der Waals surface area contributed by atoms with Crippen LogP contribution in [0.4, 0.5) is 13.6 Å². The second-order valence-electron chi connectivity index (χ2n) is 6.83. The minimum absolute atomic E-state index is 0.0855. The van der Waals surface area contributed by atoms with Crippen LogP contribution in [0, 0.1) is 0 Å². The van der Waals surface area contributed by atoms with Crippen LogP contribution >= 0.6 is 0 Å². The first-order valence-corrected chi connectivity index (χ1v) is 7.61. The zero-order valence-corrected chi connectivity index (χ0v) is 13.9. The van der Waals surface area contributed by atoms with Gasteiger partial charge in [0.05, 0.1) is 5.92 Å². The number of carbonyl (C=O) groups is 2. The molecule has 2 amide bonds. The fourth-order valence-corrected chi connectivity index (χ4v) is 2.54. The maximum absolute atomic E-state index is 14.3. The average Bonchev–Trinajstić information content (AvgIpc) is 2.45. The highest BCUT2D eigenvalue weighted by atomic mass is 19.3. The summed E-state index contributed by atoms with van der Waals surface area (Å²) in [5.41, 5.74) is 4.58. The van der Waals surface area contributed by atoms with Crippen LogP contribution in [0.3, 0.4) is 0 Å². The summed E-state index contributed by atoms with van der Waals surface area (Å²) in [6.07, 6.45) is 0.149. The summed E-state index contributed by atoms with van der Waals surface area (Å²) in [5, 5.41) is 0. The van der Waals surface area contributed by atoms with Gasteiger partial charge in [0.15, 0.2) is 0 Å². The molecule has 0 saturated carbocycles. The van der Waals surface area contributed by atoms with E-state index in [4.69, 9.17) is 10.5 Å². The van der Waals surface area contributed by atoms with Crippen molar-refractivity contribution in [3.05, 3.63) is 29.6 Å². The molecule has 0 bridgehead atoms. The van der Waals surface area contributed by atoms with Crippen molar-refractivity contribution in [3.63, 3.8) is 0 Å². The van der Waals surface area contributed by atoms with E-state index in [9.17, 15) is 18.4 Å². The number of aromatic nitrogens is 1. The lowest BCUT2D eigenvalue weighted by molar-refractivity contribution is -0.0771. The molecule has 1 fully saturated rings. The number of pyridine rings is 1. The first kappa shape index (κ1) is 18.1. The zero-order chi connectivity index (χ0) is 18.1. The lowest BCUT2D eigenvalue weighted by Gasteiger charge is -2.39. The molecule has 6 nitrogen and oxygen atoms in total. The third-order valence-electron chi connectivity index (χ3n) is 3.72. The monoisotopic (exact) mass is 341 g/mol. The standard InChI is InChI=1S/C16H21F2N3O3/c1-15(2,3)24-14(23)21-7-5-16(17,18)11(9-21)10-4-6-20-12(8-10)13(19)22/h4,6,8,11H,5,7,9H2,1-3H3,(H2,19,22)/t11-/m1/s1. The van der Waals surface area contributed by atoms with Gasteiger partial charge in [-0.2, -0.15) is 0 Å². The van der Waals surface area contributed by atoms with Crippen LogP contribution in [0.1, 0.15) is 49.2 Å². The molecule has 1 aliphatic rings. The van der Waals surface area contributed by atoms with E-state index in [1.807, 2.05) is 0 Å². The zero-order valence-electron chi connectivity index (χ0n) is 13.9. The second-order valence-corrected chi connectivity index (χ2v) is 6.83. The Morgan fingerprint density at radius 2 is 2.08 bits per heavy atom. The van der Waals surface area contributed by atoms with Gasteiger partial charge < -0.3 is 15.4 Å². The van der Waals surface area contributed by atoms with Crippen molar-refractivity contribution >= 4 is 12.0 Å². The average molecular weight is 341 g/mol. The summed E-state index contributed by atoms with van der Waals surface area (Å²) in [5.74, 6) is -5.05. The van der Waals surface area contributed by atoms with Crippen LogP contribution in [0.15, 0.2) is 18.3 Å². The normalized spacial score (nSPS) is 20.5. The number of rotatable bonds is 2. The van der Waals surface area contributed by atoms with E-state index in [0.717, 1.165) is 0 Å². The Hall–Kier alpha value is -2.25. The highest BCUT2D eigenvalue weighted by Crippen LogP contribution is 2.40. The Bertz CT molecular complexity index is 644. The molecule has 1 saturated heterocycles. The number of likely N-dealkylation sites (tertiary alicyclic amines) is 1. The van der Waals surface area contributed by atoms with Gasteiger partial charge in [0.25, 0.3) is 11.8 Å². The Morgan fingerprint density at radius 1 is 1.42 bits per heavy atom. The molecule has 1 aromatic rings. The number of carbonyl (C=O) groups excluding carboxylic acids is 2. The van der Waals surface area contributed by atoms with Gasteiger partial charge in [-0.1, -0.05) is 0 Å². The maximum atomic E-state index is 14.3. The van der Waals surface area contributed by atoms with Gasteiger partial charge in [-0.05, 0) is 38.5 Å². The summed E-state index contributed by atoms with van der Waals surface area (Å²) in [7, 11) is 0. The largest absolute Gasteiger partial charge is 0.444 e. The van der Waals surface area contributed by atoms with Crippen molar-refractivity contribution in [1.29, 1.82) is 0 Å². The molecule has 0 radical (unpaired) electrons. The molecule has 0 aromatic carbocycles. The molecule has 2 N–H and O–H groups in total. The van der Waals surface area contributed by atoms with E-state index < -0.39 is 35.9 Å². The minimum Gasteiger partial charge on any atom is -0.444 e. The van der Waals surface area contributed by atoms with Gasteiger partial charge in [0.2, 0.25) is 0 Å². The summed E-state index contributed by atoms with van der Waals surface area (Å²) >= 11 is 0. The molecule has 132 valence electrons. The molecule has 2 rings (SSSR count). The van der Waals surface area contributed by atoms with Gasteiger partial charge in [-0.3, -0.25) is 9.78 Å². The molecule has 8 heteroatoms. The molecule has 1 aromatic heterocycles. The fourth-order valence-electron chi connectivity index (χ4n) is 2.54. The van der Waals surface area contributed by atoms with E-state index in [0.29, 0.717) is 0 Å². The lowest BCUT2D eigenvalue weighted by atomic mass is 9.87. The van der Waals surface area contributed by atoms with Gasteiger partial charge in [-0.15, -0.1) is 0 Å². The molecule has 0 aliphatic carbocycles. The third kappa shape index (κ3) is 4.18. The predicted molar refractivity (Wildman–Crippen MR) is 82.9 cm³/mol. The summed E-state index contributed by atoms with van der Waals surface area (Å²) < 4.78 is 33.9. The molecule has 1 aliphatic heterocycles. The molecular weight excluding hydrogens is 320 g/mol. The number of amides is 2. The maximum Gasteiger partial charge on any atom is 0.410 e. The van der Waals surface area contributed by atoms with E-state index in [-0.39, 0.29) is 24.3 Å². The molecule has 0 unspecified atom stereocenters. The van der Waals surface area contributed by atoms with E-state index in [1.165, 1.54) is 23.2 Å². The highest BCUT2D eigenvalue weighted by Gasteiger charge is 2.46. The van der Waals surface area contributed by atoms with Crippen molar-refractivity contribution in [2.75, 3.05) is 13.1 Å². The van der Waals surface area contributed by atoms with Crippen molar-refractivity contribution in [1.82, 2.24) is 9.88 Å². The minimum atomic E-state index is -3.01. The molecule has 0 spiro atoms. The highest BCUT2D eigenvalue weighted by molar-refractivity contribution is 5.90. The van der Waals surface area contributed by atoms with Crippen molar-refractivity contribution < 1.29 is 23.1 Å². The first-order chi connectivity index (χ1) is 11.0. The van der Waals surface area contributed by atoms with Crippen molar-refractivity contribution in [2.45, 2.75) is 44.6 Å². The van der Waals surface area contributed by atoms with Crippen LogP contribution in [0.2, 0.25) is 0 Å². The number of hydrogen-bond acceptors (Lipinski definition) is 4. The number of primary amides is 1. The van der Waals surface area contributed by atoms with Crippen LogP contribution in [0.25, 0.3) is 0 Å². The van der Waals surface area contributed by atoms with Crippen molar-refractivity contribution in [3.8, 4) is 0 Å². The number of halogens is 2. The Morgan fingerprint density at radius 3 is 2.67 bits per heavy atom. The Kier molecular flexibility index (Phi) is 4.77. The predicted octanol–water partition coefficient (Wildman–Crippen LogP) is 2.54. The van der Waals surface area contributed by atoms with Gasteiger partial charge >= 0.3 is 6.09 Å². The number of ether oxygens (including phenoxy) is 1. The smallest absolute Gasteiger partial charge is 0.410 e. The molecular formula is C16H21F2N3O3. The summed E-state index contributed by atoms with van der Waals surface area (Å²) in [6, 6.07) is 2.66. The number of piperidine rings is 1. The molecule has 2 heterocycles. The number of alkyl halides is 2.